The predicted octanol–water partition coefficient (Wildman–Crippen LogP) is 0.865. The molecule has 3 aliphatic heterocycles. The van der Waals surface area contributed by atoms with Gasteiger partial charge in [0, 0.05) is 0 Å². The molecule has 0 aromatic rings. The lowest BCUT2D eigenvalue weighted by Crippen LogP contribution is -2.32. The summed E-state index contributed by atoms with van der Waals surface area (Å²) in [5, 5.41) is 0. The number of hydrogen-bond donors (Lipinski definition) is 0. The van der Waals surface area contributed by atoms with Crippen LogP contribution in [0, 0.1) is 11.8 Å². The van der Waals surface area contributed by atoms with Gasteiger partial charge >= 0.3 is 5.97 Å². The van der Waals surface area contributed by atoms with Crippen LogP contribution in [0.2, 0.25) is 0 Å². The smallest absolute Gasteiger partial charge is 0.314 e. The van der Waals surface area contributed by atoms with Gasteiger partial charge in [-0.05, 0) is 12.8 Å². The van der Waals surface area contributed by atoms with Crippen molar-refractivity contribution in [3.63, 3.8) is 0 Å². The zero-order valence-electron chi connectivity index (χ0n) is 8.43. The zero-order valence-corrected chi connectivity index (χ0v) is 8.43. The molecule has 4 heteroatoms. The van der Waals surface area contributed by atoms with Crippen molar-refractivity contribution in [3.05, 3.63) is 12.7 Å². The first-order valence-corrected chi connectivity index (χ1v) is 5.39. The summed E-state index contributed by atoms with van der Waals surface area (Å²) < 4.78 is 16.4. The van der Waals surface area contributed by atoms with Gasteiger partial charge in [0.15, 0.2) is 0 Å². The summed E-state index contributed by atoms with van der Waals surface area (Å²) >= 11 is 0. The van der Waals surface area contributed by atoms with Crippen molar-refractivity contribution in [3.8, 4) is 0 Å². The largest absolute Gasteiger partial charge is 0.435 e. The molecule has 0 N–H and O–H groups in total. The van der Waals surface area contributed by atoms with E-state index in [-0.39, 0.29) is 30.0 Å². The summed E-state index contributed by atoms with van der Waals surface area (Å²) in [7, 11) is 0. The maximum Gasteiger partial charge on any atom is 0.314 e. The highest BCUT2D eigenvalue weighted by atomic mass is 16.7. The molecule has 0 aliphatic carbocycles. The lowest BCUT2D eigenvalue weighted by atomic mass is 9.81. The number of cyclic esters (lactones) is 1. The molecule has 0 aromatic carbocycles. The van der Waals surface area contributed by atoms with Crippen molar-refractivity contribution in [2.45, 2.75) is 31.3 Å². The van der Waals surface area contributed by atoms with E-state index in [4.69, 9.17) is 14.2 Å². The molecule has 15 heavy (non-hydrogen) atoms. The van der Waals surface area contributed by atoms with Gasteiger partial charge in [0.05, 0.1) is 30.7 Å². The van der Waals surface area contributed by atoms with Crippen LogP contribution < -0.4 is 0 Å². The molecule has 0 spiro atoms. The van der Waals surface area contributed by atoms with Crippen molar-refractivity contribution in [1.82, 2.24) is 0 Å². The first-order chi connectivity index (χ1) is 7.31. The molecule has 3 saturated heterocycles. The van der Waals surface area contributed by atoms with Gasteiger partial charge in [0.1, 0.15) is 0 Å². The van der Waals surface area contributed by atoms with Gasteiger partial charge in [-0.25, -0.2) is 0 Å². The van der Waals surface area contributed by atoms with E-state index in [1.54, 1.807) is 6.08 Å². The summed E-state index contributed by atoms with van der Waals surface area (Å²) in [6.45, 7) is 3.99. The Labute approximate surface area is 88.2 Å². The first-order valence-electron chi connectivity index (χ1n) is 5.39. The Hall–Kier alpha value is -0.870. The van der Waals surface area contributed by atoms with Crippen LogP contribution in [0.25, 0.3) is 0 Å². The Balaban J connectivity index is 1.77. The molecule has 3 heterocycles. The SMILES string of the molecule is C=CCO[C@@H]1OC(=O)[C@H]2[C@@H]1[C@@H]1CC[C@H]2O1. The third-order valence-corrected chi connectivity index (χ3v) is 3.53. The van der Waals surface area contributed by atoms with Gasteiger partial charge in [0.2, 0.25) is 6.29 Å². The van der Waals surface area contributed by atoms with E-state index in [2.05, 4.69) is 6.58 Å². The van der Waals surface area contributed by atoms with Crippen molar-refractivity contribution < 1.29 is 19.0 Å². The van der Waals surface area contributed by atoms with Crippen LogP contribution in [0.5, 0.6) is 0 Å². The van der Waals surface area contributed by atoms with Crippen LogP contribution >= 0.6 is 0 Å². The van der Waals surface area contributed by atoms with Gasteiger partial charge in [-0.2, -0.15) is 0 Å². The molecule has 0 unspecified atom stereocenters. The Kier molecular flexibility index (Phi) is 2.07. The zero-order chi connectivity index (χ0) is 10.4. The van der Waals surface area contributed by atoms with E-state index >= 15 is 0 Å². The van der Waals surface area contributed by atoms with Crippen LogP contribution in [0.15, 0.2) is 12.7 Å². The fourth-order valence-corrected chi connectivity index (χ4v) is 2.95. The summed E-state index contributed by atoms with van der Waals surface area (Å²) in [4.78, 5) is 11.6. The highest BCUT2D eigenvalue weighted by Gasteiger charge is 2.61. The van der Waals surface area contributed by atoms with Crippen LogP contribution in [-0.4, -0.2) is 31.1 Å². The van der Waals surface area contributed by atoms with Crippen molar-refractivity contribution in [1.29, 1.82) is 0 Å². The quantitative estimate of drug-likeness (QED) is 0.512. The maximum absolute atomic E-state index is 11.6. The Morgan fingerprint density at radius 1 is 1.47 bits per heavy atom. The maximum atomic E-state index is 11.6. The third kappa shape index (κ3) is 1.25. The van der Waals surface area contributed by atoms with Crippen LogP contribution in [0.3, 0.4) is 0 Å². The minimum Gasteiger partial charge on any atom is -0.435 e. The average molecular weight is 210 g/mol. The number of fused-ring (bicyclic) bond motifs is 5. The van der Waals surface area contributed by atoms with Crippen molar-refractivity contribution >= 4 is 5.97 Å². The number of hydrogen-bond acceptors (Lipinski definition) is 4. The molecule has 3 aliphatic rings. The average Bonchev–Trinajstić information content (AvgIpc) is 2.88. The molecule has 4 nitrogen and oxygen atoms in total. The van der Waals surface area contributed by atoms with Crippen molar-refractivity contribution in [2.24, 2.45) is 11.8 Å². The van der Waals surface area contributed by atoms with Crippen LogP contribution in [0.4, 0.5) is 0 Å². The fraction of sp³-hybridized carbons (Fsp3) is 0.727. The van der Waals surface area contributed by atoms with Gasteiger partial charge in [-0.3, -0.25) is 4.79 Å². The molecule has 3 fully saturated rings. The summed E-state index contributed by atoms with van der Waals surface area (Å²) in [5.74, 6) is -0.129. The Morgan fingerprint density at radius 3 is 3.07 bits per heavy atom. The second-order valence-corrected chi connectivity index (χ2v) is 4.32. The molecule has 0 aromatic heterocycles. The summed E-state index contributed by atoms with van der Waals surface area (Å²) in [6.07, 6.45) is 3.47. The highest BCUT2D eigenvalue weighted by molar-refractivity contribution is 5.76. The van der Waals surface area contributed by atoms with Crippen molar-refractivity contribution in [2.75, 3.05) is 6.61 Å². The normalized spacial score (nSPS) is 46.7. The van der Waals surface area contributed by atoms with E-state index in [9.17, 15) is 4.79 Å². The lowest BCUT2D eigenvalue weighted by Gasteiger charge is -2.21. The number of rotatable bonds is 3. The first kappa shape index (κ1) is 9.36. The lowest BCUT2D eigenvalue weighted by molar-refractivity contribution is -0.171. The van der Waals surface area contributed by atoms with E-state index in [1.165, 1.54) is 0 Å². The van der Waals surface area contributed by atoms with Gasteiger partial charge in [0.25, 0.3) is 0 Å². The Bertz CT molecular complexity index is 301. The second-order valence-electron chi connectivity index (χ2n) is 4.32. The summed E-state index contributed by atoms with van der Waals surface area (Å²) in [5.41, 5.74) is 0. The fourth-order valence-electron chi connectivity index (χ4n) is 2.95. The van der Waals surface area contributed by atoms with Crippen LogP contribution in [-0.2, 0) is 19.0 Å². The van der Waals surface area contributed by atoms with Crippen LogP contribution in [0.1, 0.15) is 12.8 Å². The molecule has 0 saturated carbocycles. The van der Waals surface area contributed by atoms with Gasteiger partial charge in [-0.15, -0.1) is 6.58 Å². The van der Waals surface area contributed by atoms with E-state index < -0.39 is 6.29 Å². The number of ether oxygens (including phenoxy) is 3. The molecule has 0 amide bonds. The molecule has 3 rings (SSSR count). The van der Waals surface area contributed by atoms with E-state index in [0.29, 0.717) is 6.61 Å². The molecule has 82 valence electrons. The number of carbonyl (C=O) groups is 1. The molecule has 2 bridgehead atoms. The monoisotopic (exact) mass is 210 g/mol. The summed E-state index contributed by atoms with van der Waals surface area (Å²) in [6, 6.07) is 0. The number of esters is 1. The molecule has 5 atom stereocenters. The van der Waals surface area contributed by atoms with E-state index in [0.717, 1.165) is 12.8 Å². The topological polar surface area (TPSA) is 44.8 Å². The standard InChI is InChI=1S/C11H14O4/c1-2-5-13-11-9-7-4-3-6(14-7)8(9)10(12)15-11/h2,6-9,11H,1,3-5H2/t6-,7+,8-,9+,11-/m1/s1. The van der Waals surface area contributed by atoms with E-state index in [1.807, 2.05) is 0 Å². The number of carbonyl (C=O) groups excluding carboxylic acids is 1. The Morgan fingerprint density at radius 2 is 2.27 bits per heavy atom. The second kappa shape index (κ2) is 3.32. The molecular weight excluding hydrogens is 196 g/mol. The minimum absolute atomic E-state index is 0.0739. The van der Waals surface area contributed by atoms with Gasteiger partial charge in [-0.1, -0.05) is 6.08 Å². The highest BCUT2D eigenvalue weighted by Crippen LogP contribution is 2.49. The molecular formula is C11H14O4. The third-order valence-electron chi connectivity index (χ3n) is 3.53. The van der Waals surface area contributed by atoms with Gasteiger partial charge < -0.3 is 14.2 Å². The minimum atomic E-state index is -0.421. The molecule has 0 radical (unpaired) electrons. The predicted molar refractivity (Wildman–Crippen MR) is 50.9 cm³/mol.